The van der Waals surface area contributed by atoms with E-state index in [0.29, 0.717) is 0 Å². The van der Waals surface area contributed by atoms with E-state index < -0.39 is 9.84 Å². The van der Waals surface area contributed by atoms with E-state index >= 15 is 0 Å². The van der Waals surface area contributed by atoms with Crippen molar-refractivity contribution < 1.29 is 13.6 Å². The minimum atomic E-state index is -3.38. The van der Waals surface area contributed by atoms with Gasteiger partial charge in [0.2, 0.25) is 0 Å². The van der Waals surface area contributed by atoms with Crippen LogP contribution in [-0.4, -0.2) is 25.1 Å². The predicted molar refractivity (Wildman–Crippen MR) is 58.1 cm³/mol. The molecule has 0 radical (unpaired) electrons. The van der Waals surface area contributed by atoms with E-state index in [9.17, 15) is 8.42 Å². The van der Waals surface area contributed by atoms with E-state index in [-0.39, 0.29) is 16.4 Å². The summed E-state index contributed by atoms with van der Waals surface area (Å²) >= 11 is 0. The Balaban J connectivity index is 3.02. The first-order valence-corrected chi connectivity index (χ1v) is 6.08. The Bertz CT molecular complexity index is 460. The van der Waals surface area contributed by atoms with Gasteiger partial charge in [-0.2, -0.15) is 0 Å². The molecular weight excluding hydrogens is 214 g/mol. The van der Waals surface area contributed by atoms with Gasteiger partial charge in [-0.05, 0) is 26.0 Å². The van der Waals surface area contributed by atoms with Crippen LogP contribution in [0.1, 0.15) is 12.5 Å². The van der Waals surface area contributed by atoms with Crippen molar-refractivity contribution in [1.29, 1.82) is 0 Å². The van der Waals surface area contributed by atoms with Crippen LogP contribution in [0.3, 0.4) is 0 Å². The minimum absolute atomic E-state index is 0.176. The van der Waals surface area contributed by atoms with Crippen molar-refractivity contribution in [3.63, 3.8) is 0 Å². The summed E-state index contributed by atoms with van der Waals surface area (Å²) in [5, 5.41) is 11.3. The van der Waals surface area contributed by atoms with E-state index in [1.165, 1.54) is 6.92 Å². The second-order valence-corrected chi connectivity index (χ2v) is 5.40. The number of hydrogen-bond donors (Lipinski definition) is 1. The third-order valence-electron chi connectivity index (χ3n) is 1.95. The summed E-state index contributed by atoms with van der Waals surface area (Å²) in [6.07, 6.45) is 0. The van der Waals surface area contributed by atoms with Crippen molar-refractivity contribution in [1.82, 2.24) is 0 Å². The molecule has 0 saturated carbocycles. The highest BCUT2D eigenvalue weighted by atomic mass is 32.2. The maximum atomic E-state index is 11.7. The summed E-state index contributed by atoms with van der Waals surface area (Å²) in [5.74, 6) is -0.257. The lowest BCUT2D eigenvalue weighted by molar-refractivity contribution is 0.318. The first kappa shape index (κ1) is 11.7. The summed E-state index contributed by atoms with van der Waals surface area (Å²) in [5.41, 5.74) is 1.18. The van der Waals surface area contributed by atoms with Gasteiger partial charge in [0.15, 0.2) is 9.84 Å². The highest BCUT2D eigenvalue weighted by Gasteiger charge is 2.15. The lowest BCUT2D eigenvalue weighted by atomic mass is 10.2. The van der Waals surface area contributed by atoms with Gasteiger partial charge >= 0.3 is 0 Å². The fraction of sp³-hybridized carbons (Fsp3) is 0.300. The van der Waals surface area contributed by atoms with Crippen LogP contribution in [0.15, 0.2) is 34.3 Å². The van der Waals surface area contributed by atoms with Crippen LogP contribution in [-0.2, 0) is 9.84 Å². The van der Waals surface area contributed by atoms with E-state index in [1.807, 2.05) is 6.92 Å². The average Bonchev–Trinajstić information content (AvgIpc) is 2.17. The molecule has 15 heavy (non-hydrogen) atoms. The zero-order chi connectivity index (χ0) is 11.5. The summed E-state index contributed by atoms with van der Waals surface area (Å²) in [4.78, 5) is 0.246. The van der Waals surface area contributed by atoms with Crippen LogP contribution >= 0.6 is 0 Å². The predicted octanol–water partition coefficient (Wildman–Crippen LogP) is 1.62. The lowest BCUT2D eigenvalue weighted by Gasteiger charge is -2.03. The van der Waals surface area contributed by atoms with Gasteiger partial charge in [-0.1, -0.05) is 22.9 Å². The first-order valence-electron chi connectivity index (χ1n) is 4.42. The third kappa shape index (κ3) is 3.06. The Hall–Kier alpha value is -1.36. The smallest absolute Gasteiger partial charge is 0.183 e. The summed E-state index contributed by atoms with van der Waals surface area (Å²) in [6, 6.07) is 6.57. The van der Waals surface area contributed by atoms with Crippen LogP contribution in [0.2, 0.25) is 0 Å². The molecular formula is C10H13NO3S. The van der Waals surface area contributed by atoms with Crippen LogP contribution in [0.25, 0.3) is 0 Å². The molecule has 82 valence electrons. The number of nitrogens with zero attached hydrogens (tertiary/aromatic N) is 1. The lowest BCUT2D eigenvalue weighted by Crippen LogP contribution is -2.13. The molecule has 0 bridgehead atoms. The largest absolute Gasteiger partial charge is 0.411 e. The average molecular weight is 227 g/mol. The Labute approximate surface area is 89.2 Å². The maximum absolute atomic E-state index is 11.7. The van der Waals surface area contributed by atoms with Gasteiger partial charge in [0.25, 0.3) is 0 Å². The van der Waals surface area contributed by atoms with E-state index in [4.69, 9.17) is 5.21 Å². The van der Waals surface area contributed by atoms with Gasteiger partial charge in [-0.25, -0.2) is 8.42 Å². The summed E-state index contributed by atoms with van der Waals surface area (Å²) in [7, 11) is -3.38. The number of oxime groups is 1. The molecule has 0 spiro atoms. The molecule has 1 aromatic carbocycles. The fourth-order valence-corrected chi connectivity index (χ4v) is 2.46. The quantitative estimate of drug-likeness (QED) is 0.484. The van der Waals surface area contributed by atoms with Crippen LogP contribution in [0.5, 0.6) is 0 Å². The molecule has 0 saturated heterocycles. The molecule has 1 N–H and O–H groups in total. The van der Waals surface area contributed by atoms with Crippen molar-refractivity contribution in [2.75, 3.05) is 5.75 Å². The Kier molecular flexibility index (Phi) is 3.47. The first-order chi connectivity index (χ1) is 6.95. The van der Waals surface area contributed by atoms with Gasteiger partial charge < -0.3 is 5.21 Å². The molecule has 0 aromatic heterocycles. The molecule has 5 heteroatoms. The Morgan fingerprint density at radius 1 is 1.33 bits per heavy atom. The highest BCUT2D eigenvalue weighted by molar-refractivity contribution is 7.92. The SMILES string of the molecule is C/C(CS(=O)(=O)c1ccc(C)cc1)=N\O. The van der Waals surface area contributed by atoms with Gasteiger partial charge in [0, 0.05) is 0 Å². The van der Waals surface area contributed by atoms with Crippen molar-refractivity contribution in [3.8, 4) is 0 Å². The van der Waals surface area contributed by atoms with Crippen molar-refractivity contribution in [3.05, 3.63) is 29.8 Å². The third-order valence-corrected chi connectivity index (χ3v) is 3.74. The van der Waals surface area contributed by atoms with E-state index in [2.05, 4.69) is 5.16 Å². The minimum Gasteiger partial charge on any atom is -0.411 e. The molecule has 0 amide bonds. The standard InChI is InChI=1S/C10H13NO3S/c1-8-3-5-10(6-4-8)15(13,14)7-9(2)11-12/h3-6,12H,7H2,1-2H3/b11-9+. The van der Waals surface area contributed by atoms with Gasteiger partial charge in [0.05, 0.1) is 16.4 Å². The normalized spacial score (nSPS) is 12.8. The second kappa shape index (κ2) is 4.44. The number of hydrogen-bond acceptors (Lipinski definition) is 4. The number of sulfone groups is 1. The molecule has 0 aliphatic rings. The number of rotatable bonds is 3. The second-order valence-electron chi connectivity index (χ2n) is 3.41. The number of benzene rings is 1. The molecule has 0 unspecified atom stereocenters. The van der Waals surface area contributed by atoms with Crippen LogP contribution < -0.4 is 0 Å². The molecule has 0 heterocycles. The monoisotopic (exact) mass is 227 g/mol. The molecule has 4 nitrogen and oxygen atoms in total. The van der Waals surface area contributed by atoms with Gasteiger partial charge in [-0.3, -0.25) is 0 Å². The van der Waals surface area contributed by atoms with Crippen LogP contribution in [0, 0.1) is 6.92 Å². The molecule has 1 aromatic rings. The maximum Gasteiger partial charge on any atom is 0.183 e. The fourth-order valence-electron chi connectivity index (χ4n) is 1.13. The van der Waals surface area contributed by atoms with Crippen molar-refractivity contribution in [2.24, 2.45) is 5.16 Å². The molecule has 0 atom stereocenters. The summed E-state index contributed by atoms with van der Waals surface area (Å²) < 4.78 is 23.4. The Morgan fingerprint density at radius 2 is 1.87 bits per heavy atom. The summed E-state index contributed by atoms with van der Waals surface area (Å²) in [6.45, 7) is 3.35. The zero-order valence-electron chi connectivity index (χ0n) is 8.64. The highest BCUT2D eigenvalue weighted by Crippen LogP contribution is 2.12. The van der Waals surface area contributed by atoms with Gasteiger partial charge in [0.1, 0.15) is 0 Å². The molecule has 1 rings (SSSR count). The molecule has 0 fully saturated rings. The van der Waals surface area contributed by atoms with Crippen molar-refractivity contribution in [2.45, 2.75) is 18.7 Å². The zero-order valence-corrected chi connectivity index (χ0v) is 9.45. The molecule has 0 aliphatic heterocycles. The molecule has 0 aliphatic carbocycles. The van der Waals surface area contributed by atoms with Gasteiger partial charge in [-0.15, -0.1) is 0 Å². The van der Waals surface area contributed by atoms with E-state index in [0.717, 1.165) is 5.56 Å². The van der Waals surface area contributed by atoms with Crippen LogP contribution in [0.4, 0.5) is 0 Å². The van der Waals surface area contributed by atoms with Crippen molar-refractivity contribution >= 4 is 15.5 Å². The topological polar surface area (TPSA) is 66.7 Å². The number of aryl methyl sites for hydroxylation is 1. The Morgan fingerprint density at radius 3 is 2.33 bits per heavy atom. The van der Waals surface area contributed by atoms with E-state index in [1.54, 1.807) is 24.3 Å².